The fourth-order valence-corrected chi connectivity index (χ4v) is 2.79. The number of hydrogen-bond donors (Lipinski definition) is 2. The Labute approximate surface area is 114 Å². The molecule has 2 N–H and O–H groups in total. The molecule has 1 aromatic heterocycles. The summed E-state index contributed by atoms with van der Waals surface area (Å²) in [6.07, 6.45) is 10.6. The first kappa shape index (κ1) is 12.6. The molecule has 0 spiro atoms. The van der Waals surface area contributed by atoms with Crippen LogP contribution in [0.2, 0.25) is 0 Å². The highest BCUT2D eigenvalue weighted by Crippen LogP contribution is 2.35. The molecule has 0 aliphatic heterocycles. The van der Waals surface area contributed by atoms with Crippen LogP contribution in [-0.2, 0) is 0 Å². The number of aliphatic hydroxyl groups is 1. The summed E-state index contributed by atoms with van der Waals surface area (Å²) in [5.41, 5.74) is 2.55. The van der Waals surface area contributed by atoms with Crippen molar-refractivity contribution in [2.24, 2.45) is 0 Å². The Bertz CT molecular complexity index is 466. The van der Waals surface area contributed by atoms with Gasteiger partial charge in [0.15, 0.2) is 0 Å². The zero-order valence-electron chi connectivity index (χ0n) is 11.2. The summed E-state index contributed by atoms with van der Waals surface area (Å²) in [5, 5.41) is 12.7. The van der Waals surface area contributed by atoms with Gasteiger partial charge < -0.3 is 10.4 Å². The monoisotopic (exact) mass is 259 g/mol. The van der Waals surface area contributed by atoms with Gasteiger partial charge in [-0.3, -0.25) is 0 Å². The summed E-state index contributed by atoms with van der Waals surface area (Å²) in [4.78, 5) is 8.59. The molecular weight excluding hydrogens is 238 g/mol. The second kappa shape index (κ2) is 5.70. The van der Waals surface area contributed by atoms with Crippen LogP contribution in [0.3, 0.4) is 0 Å². The molecule has 102 valence electrons. The van der Waals surface area contributed by atoms with Crippen LogP contribution in [0.25, 0.3) is 0 Å². The molecule has 1 saturated carbocycles. The van der Waals surface area contributed by atoms with E-state index in [-0.39, 0.29) is 6.10 Å². The first-order valence-corrected chi connectivity index (χ1v) is 7.23. The lowest BCUT2D eigenvalue weighted by Gasteiger charge is -2.30. The van der Waals surface area contributed by atoms with E-state index in [1.807, 2.05) is 6.07 Å². The summed E-state index contributed by atoms with van der Waals surface area (Å²) in [6.45, 7) is 0.893. The van der Waals surface area contributed by atoms with E-state index >= 15 is 0 Å². The quantitative estimate of drug-likeness (QED) is 0.816. The minimum atomic E-state index is -0.135. The maximum Gasteiger partial charge on any atom is 0.129 e. The van der Waals surface area contributed by atoms with Crippen LogP contribution < -0.4 is 5.32 Å². The van der Waals surface area contributed by atoms with Gasteiger partial charge in [0.2, 0.25) is 0 Å². The molecule has 0 bridgehead atoms. The minimum Gasteiger partial charge on any atom is -0.393 e. The van der Waals surface area contributed by atoms with Gasteiger partial charge in [0.05, 0.1) is 6.10 Å². The predicted octanol–water partition coefficient (Wildman–Crippen LogP) is 2.63. The van der Waals surface area contributed by atoms with Gasteiger partial charge in [-0.25, -0.2) is 9.97 Å². The smallest absolute Gasteiger partial charge is 0.129 e. The fourth-order valence-electron chi connectivity index (χ4n) is 2.79. The van der Waals surface area contributed by atoms with E-state index < -0.39 is 0 Å². The Kier molecular flexibility index (Phi) is 3.78. The highest BCUT2D eigenvalue weighted by molar-refractivity contribution is 5.38. The summed E-state index contributed by atoms with van der Waals surface area (Å²) in [7, 11) is 0. The molecule has 1 fully saturated rings. The highest BCUT2D eigenvalue weighted by Gasteiger charge is 2.29. The molecule has 0 amide bonds. The van der Waals surface area contributed by atoms with E-state index in [2.05, 4.69) is 21.4 Å². The van der Waals surface area contributed by atoms with Crippen LogP contribution in [0, 0.1) is 0 Å². The van der Waals surface area contributed by atoms with Crippen molar-refractivity contribution in [1.82, 2.24) is 9.97 Å². The topological polar surface area (TPSA) is 58.0 Å². The van der Waals surface area contributed by atoms with Crippen LogP contribution >= 0.6 is 0 Å². The maximum atomic E-state index is 9.36. The highest BCUT2D eigenvalue weighted by atomic mass is 16.3. The van der Waals surface area contributed by atoms with Crippen LogP contribution in [0.1, 0.15) is 50.1 Å². The molecule has 0 aromatic carbocycles. The van der Waals surface area contributed by atoms with E-state index in [1.165, 1.54) is 31.3 Å². The van der Waals surface area contributed by atoms with Gasteiger partial charge in [-0.05, 0) is 38.5 Å². The van der Waals surface area contributed by atoms with Crippen molar-refractivity contribution < 1.29 is 5.11 Å². The van der Waals surface area contributed by atoms with E-state index in [4.69, 9.17) is 0 Å². The van der Waals surface area contributed by atoms with Crippen LogP contribution in [0.5, 0.6) is 0 Å². The van der Waals surface area contributed by atoms with Gasteiger partial charge >= 0.3 is 0 Å². The third-order valence-corrected chi connectivity index (χ3v) is 4.10. The molecule has 3 rings (SSSR count). The fraction of sp³-hybridized carbons (Fsp3) is 0.600. The molecule has 4 heteroatoms. The number of nitrogens with zero attached hydrogens (tertiary/aromatic N) is 2. The van der Waals surface area contributed by atoms with Crippen molar-refractivity contribution in [1.29, 1.82) is 0 Å². The predicted molar refractivity (Wildman–Crippen MR) is 75.1 cm³/mol. The summed E-state index contributed by atoms with van der Waals surface area (Å²) >= 11 is 0. The molecule has 2 aliphatic rings. The lowest BCUT2D eigenvalue weighted by molar-refractivity contribution is 0.0732. The number of hydrogen-bond acceptors (Lipinski definition) is 4. The SMILES string of the molecule is OC1CC(c2cc(NCC3=CCCCC3)ncn2)C1. The maximum absolute atomic E-state index is 9.36. The minimum absolute atomic E-state index is 0.135. The molecule has 1 aromatic rings. The molecule has 4 nitrogen and oxygen atoms in total. The first-order chi connectivity index (χ1) is 9.31. The van der Waals surface area contributed by atoms with Crippen LogP contribution in [0.15, 0.2) is 24.0 Å². The van der Waals surface area contributed by atoms with Crippen molar-refractivity contribution in [3.05, 3.63) is 29.7 Å². The average molecular weight is 259 g/mol. The zero-order chi connectivity index (χ0) is 13.1. The third-order valence-electron chi connectivity index (χ3n) is 4.10. The first-order valence-electron chi connectivity index (χ1n) is 7.23. The molecule has 1 heterocycles. The zero-order valence-corrected chi connectivity index (χ0v) is 11.2. The van der Waals surface area contributed by atoms with Crippen molar-refractivity contribution in [3.8, 4) is 0 Å². The van der Waals surface area contributed by atoms with Gasteiger partial charge in [0.1, 0.15) is 12.1 Å². The summed E-state index contributed by atoms with van der Waals surface area (Å²) in [5.74, 6) is 1.31. The van der Waals surface area contributed by atoms with Crippen LogP contribution in [-0.4, -0.2) is 27.7 Å². The summed E-state index contributed by atoms with van der Waals surface area (Å²) in [6, 6.07) is 2.03. The van der Waals surface area contributed by atoms with Crippen molar-refractivity contribution in [2.45, 2.75) is 50.5 Å². The number of rotatable bonds is 4. The lowest BCUT2D eigenvalue weighted by atomic mass is 9.80. The van der Waals surface area contributed by atoms with Gasteiger partial charge in [-0.1, -0.05) is 11.6 Å². The van der Waals surface area contributed by atoms with Crippen molar-refractivity contribution in [2.75, 3.05) is 11.9 Å². The molecule has 2 aliphatic carbocycles. The van der Waals surface area contributed by atoms with Crippen molar-refractivity contribution in [3.63, 3.8) is 0 Å². The Morgan fingerprint density at radius 1 is 1.26 bits per heavy atom. The number of nitrogens with one attached hydrogen (secondary N) is 1. The van der Waals surface area contributed by atoms with E-state index in [1.54, 1.807) is 6.33 Å². The van der Waals surface area contributed by atoms with Gasteiger partial charge in [0, 0.05) is 24.2 Å². The summed E-state index contributed by atoms with van der Waals surface area (Å²) < 4.78 is 0. The molecule has 19 heavy (non-hydrogen) atoms. The number of anilines is 1. The number of allylic oxidation sites excluding steroid dienone is 1. The Balaban J connectivity index is 1.58. The average Bonchev–Trinajstić information content (AvgIpc) is 2.43. The second-order valence-corrected chi connectivity index (χ2v) is 5.61. The third kappa shape index (κ3) is 3.13. The van der Waals surface area contributed by atoms with E-state index in [0.29, 0.717) is 5.92 Å². The molecule has 0 unspecified atom stereocenters. The van der Waals surface area contributed by atoms with Gasteiger partial charge in [0.25, 0.3) is 0 Å². The number of aliphatic hydroxyl groups excluding tert-OH is 1. The lowest BCUT2D eigenvalue weighted by Crippen LogP contribution is -2.27. The normalized spacial score (nSPS) is 26.5. The van der Waals surface area contributed by atoms with Gasteiger partial charge in [-0.15, -0.1) is 0 Å². The van der Waals surface area contributed by atoms with E-state index in [9.17, 15) is 5.11 Å². The molecule has 0 atom stereocenters. The standard InChI is InChI=1S/C15H21N3O/c19-13-6-12(7-13)14-8-15(18-10-17-14)16-9-11-4-2-1-3-5-11/h4,8,10,12-13,19H,1-3,5-7,9H2,(H,16,17,18). The van der Waals surface area contributed by atoms with Crippen molar-refractivity contribution >= 4 is 5.82 Å². The Morgan fingerprint density at radius 3 is 2.89 bits per heavy atom. The Morgan fingerprint density at radius 2 is 2.16 bits per heavy atom. The molecule has 0 radical (unpaired) electrons. The molecular formula is C15H21N3O. The van der Waals surface area contributed by atoms with Crippen LogP contribution in [0.4, 0.5) is 5.82 Å². The number of aromatic nitrogens is 2. The largest absolute Gasteiger partial charge is 0.393 e. The van der Waals surface area contributed by atoms with E-state index in [0.717, 1.165) is 30.9 Å². The molecule has 0 saturated heterocycles. The Hall–Kier alpha value is -1.42. The van der Waals surface area contributed by atoms with Gasteiger partial charge in [-0.2, -0.15) is 0 Å². The second-order valence-electron chi connectivity index (χ2n) is 5.61.